The van der Waals surface area contributed by atoms with E-state index in [1.54, 1.807) is 11.3 Å². The van der Waals surface area contributed by atoms with E-state index in [-0.39, 0.29) is 12.5 Å². The van der Waals surface area contributed by atoms with Crippen molar-refractivity contribution >= 4 is 17.3 Å². The molecule has 1 aliphatic carbocycles. The monoisotopic (exact) mass is 281 g/mol. The van der Waals surface area contributed by atoms with Crippen molar-refractivity contribution in [2.75, 3.05) is 0 Å². The van der Waals surface area contributed by atoms with Crippen molar-refractivity contribution in [1.29, 1.82) is 0 Å². The summed E-state index contributed by atoms with van der Waals surface area (Å²) in [5.74, 6) is 0.604. The largest absolute Gasteiger partial charge is 0.481 e. The molecule has 19 heavy (non-hydrogen) atoms. The number of carboxylic acids is 1. The van der Waals surface area contributed by atoms with Crippen molar-refractivity contribution < 1.29 is 9.90 Å². The Balaban J connectivity index is 2.05. The molecule has 1 saturated carbocycles. The van der Waals surface area contributed by atoms with Crippen LogP contribution in [0, 0.1) is 11.8 Å². The number of thiophene rings is 1. The lowest BCUT2D eigenvalue weighted by Crippen LogP contribution is -2.42. The molecular formula is C15H23NO2S. The summed E-state index contributed by atoms with van der Waals surface area (Å²) in [6.45, 7) is 4.59. The molecule has 0 bridgehead atoms. The van der Waals surface area contributed by atoms with Gasteiger partial charge in [0.25, 0.3) is 0 Å². The Morgan fingerprint density at radius 3 is 2.95 bits per heavy atom. The van der Waals surface area contributed by atoms with Crippen LogP contribution in [-0.2, 0) is 4.79 Å². The Bertz CT molecular complexity index is 404. The third-order valence-corrected chi connectivity index (χ3v) is 5.37. The van der Waals surface area contributed by atoms with Crippen molar-refractivity contribution in [1.82, 2.24) is 5.32 Å². The summed E-state index contributed by atoms with van der Waals surface area (Å²) in [7, 11) is 0. The molecule has 0 aliphatic heterocycles. The molecule has 4 atom stereocenters. The van der Waals surface area contributed by atoms with E-state index in [4.69, 9.17) is 5.11 Å². The van der Waals surface area contributed by atoms with Crippen LogP contribution < -0.4 is 5.32 Å². The number of carboxylic acid groups (broad SMARTS) is 1. The molecule has 1 aromatic heterocycles. The van der Waals surface area contributed by atoms with Gasteiger partial charge >= 0.3 is 5.97 Å². The molecule has 3 nitrogen and oxygen atoms in total. The van der Waals surface area contributed by atoms with Gasteiger partial charge < -0.3 is 10.4 Å². The first-order valence-corrected chi connectivity index (χ1v) is 7.97. The first kappa shape index (κ1) is 14.5. The molecular weight excluding hydrogens is 258 g/mol. The van der Waals surface area contributed by atoms with E-state index in [9.17, 15) is 4.79 Å². The van der Waals surface area contributed by atoms with Gasteiger partial charge in [-0.25, -0.2) is 0 Å². The highest BCUT2D eigenvalue weighted by atomic mass is 32.1. The van der Waals surface area contributed by atoms with E-state index in [0.29, 0.717) is 12.0 Å². The quantitative estimate of drug-likeness (QED) is 0.865. The zero-order valence-corrected chi connectivity index (χ0v) is 12.5. The Morgan fingerprint density at radius 1 is 1.53 bits per heavy atom. The second kappa shape index (κ2) is 6.53. The molecule has 4 heteroatoms. The SMILES string of the molecule is CC1CCCC(NC(CC(=O)O)c2cccs2)C1C. The fraction of sp³-hybridized carbons (Fsp3) is 0.667. The van der Waals surface area contributed by atoms with Crippen LogP contribution in [0.15, 0.2) is 17.5 Å². The molecule has 0 radical (unpaired) electrons. The van der Waals surface area contributed by atoms with Crippen LogP contribution in [0.1, 0.15) is 50.4 Å². The van der Waals surface area contributed by atoms with Crippen molar-refractivity contribution in [2.45, 2.75) is 51.6 Å². The van der Waals surface area contributed by atoms with Gasteiger partial charge in [0, 0.05) is 10.9 Å². The molecule has 1 heterocycles. The van der Waals surface area contributed by atoms with Gasteiger partial charge in [0.1, 0.15) is 0 Å². The third-order valence-electron chi connectivity index (χ3n) is 4.39. The van der Waals surface area contributed by atoms with E-state index < -0.39 is 5.97 Å². The van der Waals surface area contributed by atoms with Gasteiger partial charge in [-0.2, -0.15) is 0 Å². The number of carbonyl (C=O) groups is 1. The van der Waals surface area contributed by atoms with Crippen molar-refractivity contribution in [3.05, 3.63) is 22.4 Å². The summed E-state index contributed by atoms with van der Waals surface area (Å²) in [6, 6.07) is 4.41. The number of nitrogens with one attached hydrogen (secondary N) is 1. The van der Waals surface area contributed by atoms with E-state index in [2.05, 4.69) is 19.2 Å². The number of hydrogen-bond donors (Lipinski definition) is 2. The summed E-state index contributed by atoms with van der Waals surface area (Å²) in [6.07, 6.45) is 3.86. The minimum absolute atomic E-state index is 0.0461. The van der Waals surface area contributed by atoms with Crippen molar-refractivity contribution in [3.63, 3.8) is 0 Å². The van der Waals surface area contributed by atoms with E-state index in [1.807, 2.05) is 17.5 Å². The summed E-state index contributed by atoms with van der Waals surface area (Å²) in [5.41, 5.74) is 0. The fourth-order valence-corrected chi connectivity index (χ4v) is 3.77. The van der Waals surface area contributed by atoms with Crippen molar-refractivity contribution in [3.8, 4) is 0 Å². The first-order chi connectivity index (χ1) is 9.08. The average Bonchev–Trinajstić information content (AvgIpc) is 2.87. The topological polar surface area (TPSA) is 49.3 Å². The lowest BCUT2D eigenvalue weighted by Gasteiger charge is -2.36. The van der Waals surface area contributed by atoms with Gasteiger partial charge in [0.15, 0.2) is 0 Å². The van der Waals surface area contributed by atoms with Crippen LogP contribution in [0.4, 0.5) is 0 Å². The Labute approximate surface area is 119 Å². The van der Waals surface area contributed by atoms with Crippen LogP contribution in [0.2, 0.25) is 0 Å². The summed E-state index contributed by atoms with van der Waals surface area (Å²) < 4.78 is 0. The molecule has 1 fully saturated rings. The lowest BCUT2D eigenvalue weighted by molar-refractivity contribution is -0.137. The number of aliphatic carboxylic acids is 1. The minimum atomic E-state index is -0.734. The highest BCUT2D eigenvalue weighted by Crippen LogP contribution is 2.32. The number of hydrogen-bond acceptors (Lipinski definition) is 3. The summed E-state index contributed by atoms with van der Waals surface area (Å²) in [4.78, 5) is 12.2. The molecule has 4 unspecified atom stereocenters. The van der Waals surface area contributed by atoms with E-state index in [1.165, 1.54) is 12.8 Å². The van der Waals surface area contributed by atoms with Gasteiger partial charge in [-0.15, -0.1) is 11.3 Å². The third kappa shape index (κ3) is 3.80. The maximum absolute atomic E-state index is 11.1. The number of rotatable bonds is 5. The van der Waals surface area contributed by atoms with Crippen LogP contribution in [0.3, 0.4) is 0 Å². The fourth-order valence-electron chi connectivity index (χ4n) is 2.98. The summed E-state index contributed by atoms with van der Waals surface area (Å²) >= 11 is 1.64. The normalized spacial score (nSPS) is 29.1. The predicted molar refractivity (Wildman–Crippen MR) is 78.4 cm³/mol. The first-order valence-electron chi connectivity index (χ1n) is 7.09. The lowest BCUT2D eigenvalue weighted by atomic mass is 9.77. The Hall–Kier alpha value is -0.870. The molecule has 0 saturated heterocycles. The molecule has 0 amide bonds. The molecule has 2 N–H and O–H groups in total. The zero-order chi connectivity index (χ0) is 13.8. The van der Waals surface area contributed by atoms with E-state index >= 15 is 0 Å². The standard InChI is InChI=1S/C15H23NO2S/c1-10-5-3-6-12(11(10)2)16-13(9-15(17)18)14-7-4-8-19-14/h4,7-8,10-13,16H,3,5-6,9H2,1-2H3,(H,17,18). The average molecular weight is 281 g/mol. The molecule has 0 spiro atoms. The Morgan fingerprint density at radius 2 is 2.32 bits per heavy atom. The van der Waals surface area contributed by atoms with Crippen LogP contribution >= 0.6 is 11.3 Å². The van der Waals surface area contributed by atoms with Crippen LogP contribution in [0.5, 0.6) is 0 Å². The van der Waals surface area contributed by atoms with Gasteiger partial charge in [0.2, 0.25) is 0 Å². The van der Waals surface area contributed by atoms with Gasteiger partial charge in [0.05, 0.1) is 12.5 Å². The zero-order valence-electron chi connectivity index (χ0n) is 11.6. The molecule has 1 aromatic rings. The maximum Gasteiger partial charge on any atom is 0.305 e. The summed E-state index contributed by atoms with van der Waals surface area (Å²) in [5, 5.41) is 14.7. The molecule has 106 valence electrons. The highest BCUT2D eigenvalue weighted by Gasteiger charge is 2.29. The minimum Gasteiger partial charge on any atom is -0.481 e. The predicted octanol–water partition coefficient (Wildman–Crippen LogP) is 3.68. The molecule has 2 rings (SSSR count). The van der Waals surface area contributed by atoms with Gasteiger partial charge in [-0.3, -0.25) is 4.79 Å². The Kier molecular flexibility index (Phi) is 4.99. The second-order valence-electron chi connectivity index (χ2n) is 5.71. The van der Waals surface area contributed by atoms with Gasteiger partial charge in [-0.05, 0) is 29.7 Å². The smallest absolute Gasteiger partial charge is 0.305 e. The maximum atomic E-state index is 11.1. The van der Waals surface area contributed by atoms with E-state index in [0.717, 1.165) is 17.2 Å². The van der Waals surface area contributed by atoms with Crippen LogP contribution in [-0.4, -0.2) is 17.1 Å². The van der Waals surface area contributed by atoms with Crippen molar-refractivity contribution in [2.24, 2.45) is 11.8 Å². The highest BCUT2D eigenvalue weighted by molar-refractivity contribution is 7.10. The molecule has 1 aliphatic rings. The van der Waals surface area contributed by atoms with Gasteiger partial charge in [-0.1, -0.05) is 32.8 Å². The molecule has 0 aromatic carbocycles. The van der Waals surface area contributed by atoms with Crippen LogP contribution in [0.25, 0.3) is 0 Å². The second-order valence-corrected chi connectivity index (χ2v) is 6.69.